The molecule has 14 heavy (non-hydrogen) atoms. The Morgan fingerprint density at radius 1 is 1.14 bits per heavy atom. The van der Waals surface area contributed by atoms with Gasteiger partial charge in [-0.15, -0.1) is 0 Å². The molecule has 1 aromatic heterocycles. The van der Waals surface area contributed by atoms with Crippen LogP contribution in [0.1, 0.15) is 5.56 Å². The van der Waals surface area contributed by atoms with Crippen LogP contribution in [0.2, 0.25) is 0 Å². The third-order valence-electron chi connectivity index (χ3n) is 2.13. The lowest BCUT2D eigenvalue weighted by Gasteiger charge is -2.02. The minimum absolute atomic E-state index is 0.191. The van der Waals surface area contributed by atoms with Crippen LogP contribution < -0.4 is 5.56 Å². The van der Waals surface area contributed by atoms with E-state index in [2.05, 4.69) is 4.98 Å². The summed E-state index contributed by atoms with van der Waals surface area (Å²) in [7, 11) is 0. The molecule has 1 heterocycles. The minimum Gasteiger partial charge on any atom is -0.504 e. The molecule has 4 nitrogen and oxygen atoms in total. The van der Waals surface area contributed by atoms with E-state index in [1.807, 2.05) is 0 Å². The Morgan fingerprint density at radius 2 is 1.79 bits per heavy atom. The second-order valence-corrected chi connectivity index (χ2v) is 3.21. The molecule has 0 aliphatic rings. The maximum absolute atomic E-state index is 11.2. The van der Waals surface area contributed by atoms with E-state index in [4.69, 9.17) is 0 Å². The second-order valence-electron chi connectivity index (χ2n) is 3.21. The number of hydrogen-bond acceptors (Lipinski definition) is 3. The van der Waals surface area contributed by atoms with E-state index in [1.165, 1.54) is 12.1 Å². The summed E-state index contributed by atoms with van der Waals surface area (Å²) in [5, 5.41) is 19.1. The summed E-state index contributed by atoms with van der Waals surface area (Å²) in [4.78, 5) is 13.8. The first-order valence-corrected chi connectivity index (χ1v) is 4.13. The number of phenolic OH excluding ortho intramolecular Hbond substituents is 2. The molecule has 4 heteroatoms. The first kappa shape index (κ1) is 8.62. The van der Waals surface area contributed by atoms with Crippen LogP contribution in [-0.4, -0.2) is 15.2 Å². The van der Waals surface area contributed by atoms with Crippen LogP contribution in [0.3, 0.4) is 0 Å². The Labute approximate surface area is 79.4 Å². The van der Waals surface area contributed by atoms with E-state index < -0.39 is 0 Å². The highest BCUT2D eigenvalue weighted by Gasteiger charge is 2.03. The summed E-state index contributed by atoms with van der Waals surface area (Å²) in [5.41, 5.74) is 0.890. The van der Waals surface area contributed by atoms with Gasteiger partial charge in [0.05, 0.1) is 5.52 Å². The van der Waals surface area contributed by atoms with Crippen molar-refractivity contribution in [3.63, 3.8) is 0 Å². The monoisotopic (exact) mass is 191 g/mol. The van der Waals surface area contributed by atoms with Gasteiger partial charge in [0, 0.05) is 17.0 Å². The molecule has 0 fully saturated rings. The molecule has 0 amide bonds. The number of aromatic amines is 1. The molecule has 0 spiro atoms. The molecule has 0 saturated heterocycles. The molecule has 1 aromatic carbocycles. The van der Waals surface area contributed by atoms with E-state index in [1.54, 1.807) is 13.0 Å². The Balaban J connectivity index is 2.90. The highest BCUT2D eigenvalue weighted by atomic mass is 16.3. The lowest BCUT2D eigenvalue weighted by molar-refractivity contribution is 0.405. The van der Waals surface area contributed by atoms with Crippen molar-refractivity contribution >= 4 is 10.9 Å². The van der Waals surface area contributed by atoms with Crippen LogP contribution in [0.25, 0.3) is 10.9 Å². The first-order valence-electron chi connectivity index (χ1n) is 4.13. The molecule has 2 aromatic rings. The number of nitrogens with one attached hydrogen (secondary N) is 1. The zero-order valence-electron chi connectivity index (χ0n) is 7.53. The van der Waals surface area contributed by atoms with Crippen molar-refractivity contribution in [2.45, 2.75) is 6.92 Å². The van der Waals surface area contributed by atoms with Crippen molar-refractivity contribution in [3.8, 4) is 11.5 Å². The molecular formula is C10H9NO3. The van der Waals surface area contributed by atoms with Crippen molar-refractivity contribution < 1.29 is 10.2 Å². The maximum Gasteiger partial charge on any atom is 0.251 e. The van der Waals surface area contributed by atoms with Crippen molar-refractivity contribution in [2.24, 2.45) is 0 Å². The SMILES string of the molecule is Cc1cc2cc(O)c(O)cc2[nH]c1=O. The standard InChI is InChI=1S/C10H9NO3/c1-5-2-6-3-8(12)9(13)4-7(6)11-10(5)14/h2-4,12-13H,1H3,(H,11,14). The number of aryl methyl sites for hydroxylation is 1. The Bertz CT molecular complexity index is 557. The lowest BCUT2D eigenvalue weighted by atomic mass is 10.1. The quantitative estimate of drug-likeness (QED) is 0.548. The van der Waals surface area contributed by atoms with Gasteiger partial charge in [-0.2, -0.15) is 0 Å². The van der Waals surface area contributed by atoms with Gasteiger partial charge in [0.2, 0.25) is 0 Å². The number of rotatable bonds is 0. The van der Waals surface area contributed by atoms with E-state index in [9.17, 15) is 15.0 Å². The van der Waals surface area contributed by atoms with Gasteiger partial charge in [0.1, 0.15) is 0 Å². The van der Waals surface area contributed by atoms with E-state index in [0.717, 1.165) is 0 Å². The summed E-state index contributed by atoms with van der Waals surface area (Å²) < 4.78 is 0. The highest BCUT2D eigenvalue weighted by molar-refractivity contribution is 5.82. The molecule has 2 rings (SSSR count). The Morgan fingerprint density at radius 3 is 2.50 bits per heavy atom. The van der Waals surface area contributed by atoms with Gasteiger partial charge in [-0.1, -0.05) is 0 Å². The minimum atomic E-state index is -0.239. The summed E-state index contributed by atoms with van der Waals surface area (Å²) in [6.07, 6.45) is 0. The number of benzene rings is 1. The number of phenols is 2. The second kappa shape index (κ2) is 2.77. The third-order valence-corrected chi connectivity index (χ3v) is 2.13. The third kappa shape index (κ3) is 1.21. The molecule has 0 atom stereocenters. The first-order chi connectivity index (χ1) is 6.58. The average molecular weight is 191 g/mol. The van der Waals surface area contributed by atoms with Crippen molar-refractivity contribution in [1.29, 1.82) is 0 Å². The largest absolute Gasteiger partial charge is 0.504 e. The van der Waals surface area contributed by atoms with Crippen LogP contribution in [0.15, 0.2) is 23.0 Å². The fourth-order valence-corrected chi connectivity index (χ4v) is 1.34. The van der Waals surface area contributed by atoms with Gasteiger partial charge in [-0.05, 0) is 19.1 Å². The Hall–Kier alpha value is -1.97. The lowest BCUT2D eigenvalue weighted by Crippen LogP contribution is -2.08. The molecular weight excluding hydrogens is 182 g/mol. The number of H-pyrrole nitrogens is 1. The predicted molar refractivity (Wildman–Crippen MR) is 52.6 cm³/mol. The number of pyridine rings is 1. The topological polar surface area (TPSA) is 73.3 Å². The van der Waals surface area contributed by atoms with E-state index >= 15 is 0 Å². The van der Waals surface area contributed by atoms with Gasteiger partial charge in [0.15, 0.2) is 11.5 Å². The number of hydrogen-bond donors (Lipinski definition) is 3. The number of fused-ring (bicyclic) bond motifs is 1. The maximum atomic E-state index is 11.2. The number of aromatic nitrogens is 1. The smallest absolute Gasteiger partial charge is 0.251 e. The summed E-state index contributed by atoms with van der Waals surface area (Å²) >= 11 is 0. The van der Waals surface area contributed by atoms with Crippen LogP contribution in [-0.2, 0) is 0 Å². The normalized spacial score (nSPS) is 10.6. The van der Waals surface area contributed by atoms with Gasteiger partial charge >= 0.3 is 0 Å². The number of aromatic hydroxyl groups is 2. The molecule has 0 aliphatic heterocycles. The zero-order valence-corrected chi connectivity index (χ0v) is 7.53. The summed E-state index contributed by atoms with van der Waals surface area (Å²) in [5.74, 6) is -0.430. The molecule has 0 bridgehead atoms. The molecule has 0 saturated carbocycles. The van der Waals surface area contributed by atoms with E-state index in [-0.39, 0.29) is 17.1 Å². The van der Waals surface area contributed by atoms with Gasteiger partial charge in [-0.3, -0.25) is 4.79 Å². The molecule has 0 radical (unpaired) electrons. The van der Waals surface area contributed by atoms with Crippen LogP contribution in [0.4, 0.5) is 0 Å². The molecule has 3 N–H and O–H groups in total. The summed E-state index contributed by atoms with van der Waals surface area (Å²) in [6.45, 7) is 1.68. The van der Waals surface area contributed by atoms with Gasteiger partial charge in [-0.25, -0.2) is 0 Å². The fourth-order valence-electron chi connectivity index (χ4n) is 1.34. The van der Waals surface area contributed by atoms with Gasteiger partial charge < -0.3 is 15.2 Å². The Kier molecular flexibility index (Phi) is 1.70. The van der Waals surface area contributed by atoms with Gasteiger partial charge in [0.25, 0.3) is 5.56 Å². The van der Waals surface area contributed by atoms with Crippen molar-refractivity contribution in [2.75, 3.05) is 0 Å². The van der Waals surface area contributed by atoms with Crippen molar-refractivity contribution in [3.05, 3.63) is 34.1 Å². The predicted octanol–water partition coefficient (Wildman–Crippen LogP) is 1.25. The summed E-state index contributed by atoms with van der Waals surface area (Å²) in [6, 6.07) is 4.40. The van der Waals surface area contributed by atoms with Crippen LogP contribution >= 0.6 is 0 Å². The average Bonchev–Trinajstić information content (AvgIpc) is 2.11. The zero-order chi connectivity index (χ0) is 10.3. The van der Waals surface area contributed by atoms with Crippen LogP contribution in [0.5, 0.6) is 11.5 Å². The fraction of sp³-hybridized carbons (Fsp3) is 0.100. The van der Waals surface area contributed by atoms with E-state index in [0.29, 0.717) is 16.5 Å². The van der Waals surface area contributed by atoms with Crippen molar-refractivity contribution in [1.82, 2.24) is 4.98 Å². The van der Waals surface area contributed by atoms with Crippen LogP contribution in [0, 0.1) is 6.92 Å². The highest BCUT2D eigenvalue weighted by Crippen LogP contribution is 2.28. The molecule has 0 aliphatic carbocycles. The molecule has 72 valence electrons. The molecule has 0 unspecified atom stereocenters.